The fourth-order valence-electron chi connectivity index (χ4n) is 1.14. The van der Waals surface area contributed by atoms with Crippen LogP contribution in [0, 0.1) is 0 Å². The number of nitrogens with zero attached hydrogens (tertiary/aromatic N) is 1. The van der Waals surface area contributed by atoms with Crippen molar-refractivity contribution in [2.24, 2.45) is 0 Å². The SMILES string of the molecule is CC(=O)Oc1cnc2[nH]ccc2c1. The minimum Gasteiger partial charge on any atom is -0.425 e. The molecule has 0 aliphatic rings. The van der Waals surface area contributed by atoms with Gasteiger partial charge >= 0.3 is 5.97 Å². The number of rotatable bonds is 1. The van der Waals surface area contributed by atoms with Crippen molar-refractivity contribution in [3.8, 4) is 5.75 Å². The lowest BCUT2D eigenvalue weighted by Crippen LogP contribution is -2.01. The van der Waals surface area contributed by atoms with E-state index in [1.54, 1.807) is 12.3 Å². The second-order valence-corrected chi connectivity index (χ2v) is 2.68. The molecule has 0 atom stereocenters. The van der Waals surface area contributed by atoms with Crippen molar-refractivity contribution in [3.63, 3.8) is 0 Å². The van der Waals surface area contributed by atoms with Crippen molar-refractivity contribution < 1.29 is 9.53 Å². The molecule has 13 heavy (non-hydrogen) atoms. The van der Waals surface area contributed by atoms with Crippen LogP contribution in [0.3, 0.4) is 0 Å². The molecule has 0 radical (unpaired) electrons. The Labute approximate surface area is 74.5 Å². The maximum absolute atomic E-state index is 10.6. The molecule has 2 heterocycles. The highest BCUT2D eigenvalue weighted by Crippen LogP contribution is 2.16. The number of pyridine rings is 1. The highest BCUT2D eigenvalue weighted by atomic mass is 16.5. The number of nitrogens with one attached hydrogen (secondary N) is 1. The maximum atomic E-state index is 10.6. The lowest BCUT2D eigenvalue weighted by Gasteiger charge is -1.99. The molecular formula is C9H8N2O2. The van der Waals surface area contributed by atoms with Gasteiger partial charge in [0.1, 0.15) is 11.4 Å². The van der Waals surface area contributed by atoms with Crippen LogP contribution in [-0.2, 0) is 4.79 Å². The first-order chi connectivity index (χ1) is 6.25. The third-order valence-corrected chi connectivity index (χ3v) is 1.64. The van der Waals surface area contributed by atoms with Crippen molar-refractivity contribution in [1.82, 2.24) is 9.97 Å². The molecule has 0 aromatic carbocycles. The fourth-order valence-corrected chi connectivity index (χ4v) is 1.14. The largest absolute Gasteiger partial charge is 0.425 e. The number of H-pyrrole nitrogens is 1. The highest BCUT2D eigenvalue weighted by molar-refractivity contribution is 5.78. The van der Waals surface area contributed by atoms with Crippen molar-refractivity contribution in [3.05, 3.63) is 24.5 Å². The van der Waals surface area contributed by atoms with E-state index in [0.717, 1.165) is 11.0 Å². The number of aromatic nitrogens is 2. The van der Waals surface area contributed by atoms with Crippen LogP contribution in [0.1, 0.15) is 6.92 Å². The van der Waals surface area contributed by atoms with Gasteiger partial charge in [0.2, 0.25) is 0 Å². The van der Waals surface area contributed by atoms with Gasteiger partial charge in [0.25, 0.3) is 0 Å². The topological polar surface area (TPSA) is 55.0 Å². The second kappa shape index (κ2) is 2.90. The van der Waals surface area contributed by atoms with E-state index < -0.39 is 0 Å². The van der Waals surface area contributed by atoms with Crippen LogP contribution in [0.25, 0.3) is 11.0 Å². The number of ether oxygens (including phenoxy) is 1. The van der Waals surface area contributed by atoms with E-state index in [1.807, 2.05) is 6.07 Å². The average molecular weight is 176 g/mol. The maximum Gasteiger partial charge on any atom is 0.308 e. The van der Waals surface area contributed by atoms with Gasteiger partial charge in [-0.1, -0.05) is 0 Å². The number of carbonyl (C=O) groups excluding carboxylic acids is 1. The van der Waals surface area contributed by atoms with E-state index in [9.17, 15) is 4.79 Å². The first-order valence-electron chi connectivity index (χ1n) is 3.87. The summed E-state index contributed by atoms with van der Waals surface area (Å²) in [7, 11) is 0. The number of carbonyl (C=O) groups is 1. The molecule has 1 N–H and O–H groups in total. The van der Waals surface area contributed by atoms with Crippen LogP contribution in [0.2, 0.25) is 0 Å². The number of esters is 1. The third-order valence-electron chi connectivity index (χ3n) is 1.64. The summed E-state index contributed by atoms with van der Waals surface area (Å²) in [5.74, 6) is 0.135. The molecule has 4 heteroatoms. The van der Waals surface area contributed by atoms with Crippen molar-refractivity contribution in [2.45, 2.75) is 6.92 Å². The van der Waals surface area contributed by atoms with Gasteiger partial charge in [0, 0.05) is 18.5 Å². The summed E-state index contributed by atoms with van der Waals surface area (Å²) in [5.41, 5.74) is 0.788. The Balaban J connectivity index is 2.42. The Hall–Kier alpha value is -1.84. The molecule has 0 aliphatic carbocycles. The summed E-state index contributed by atoms with van der Waals surface area (Å²) in [6.07, 6.45) is 3.30. The summed E-state index contributed by atoms with van der Waals surface area (Å²) in [6, 6.07) is 3.63. The van der Waals surface area contributed by atoms with Crippen LogP contribution in [0.4, 0.5) is 0 Å². The zero-order chi connectivity index (χ0) is 9.26. The molecule has 2 rings (SSSR count). The molecule has 0 saturated heterocycles. The Morgan fingerprint density at radius 1 is 1.62 bits per heavy atom. The third kappa shape index (κ3) is 1.51. The van der Waals surface area contributed by atoms with Crippen LogP contribution >= 0.6 is 0 Å². The molecule has 0 aliphatic heterocycles. The molecule has 66 valence electrons. The van der Waals surface area contributed by atoms with Gasteiger partial charge in [-0.05, 0) is 12.1 Å². The summed E-state index contributed by atoms with van der Waals surface area (Å²) < 4.78 is 4.88. The lowest BCUT2D eigenvalue weighted by molar-refractivity contribution is -0.131. The van der Waals surface area contributed by atoms with E-state index in [4.69, 9.17) is 4.74 Å². The first kappa shape index (κ1) is 7.79. The predicted molar refractivity (Wildman–Crippen MR) is 47.4 cm³/mol. The Kier molecular flexibility index (Phi) is 1.73. The van der Waals surface area contributed by atoms with Crippen LogP contribution in [-0.4, -0.2) is 15.9 Å². The van der Waals surface area contributed by atoms with Gasteiger partial charge in [-0.3, -0.25) is 4.79 Å². The summed E-state index contributed by atoms with van der Waals surface area (Å²) in [4.78, 5) is 17.6. The van der Waals surface area contributed by atoms with Crippen molar-refractivity contribution >= 4 is 17.0 Å². The van der Waals surface area contributed by atoms with Gasteiger partial charge in [0.05, 0.1) is 6.20 Å². The summed E-state index contributed by atoms with van der Waals surface area (Å²) in [5, 5.41) is 0.929. The predicted octanol–water partition coefficient (Wildman–Crippen LogP) is 1.49. The molecule has 0 spiro atoms. The summed E-state index contributed by atoms with van der Waals surface area (Å²) >= 11 is 0. The number of hydrogen-bond acceptors (Lipinski definition) is 3. The van der Waals surface area contributed by atoms with E-state index in [0.29, 0.717) is 5.75 Å². The van der Waals surface area contributed by atoms with Crippen LogP contribution in [0.5, 0.6) is 5.75 Å². The van der Waals surface area contributed by atoms with Crippen LogP contribution in [0.15, 0.2) is 24.5 Å². The summed E-state index contributed by atoms with van der Waals surface area (Å²) in [6.45, 7) is 1.36. The Morgan fingerprint density at radius 2 is 2.46 bits per heavy atom. The molecule has 2 aromatic rings. The van der Waals surface area contributed by atoms with E-state index in [-0.39, 0.29) is 5.97 Å². The van der Waals surface area contributed by atoms with Crippen LogP contribution < -0.4 is 4.74 Å². The Morgan fingerprint density at radius 3 is 3.23 bits per heavy atom. The molecule has 0 bridgehead atoms. The molecule has 0 unspecified atom stereocenters. The quantitative estimate of drug-likeness (QED) is 0.669. The number of hydrogen-bond donors (Lipinski definition) is 1. The molecule has 4 nitrogen and oxygen atoms in total. The van der Waals surface area contributed by atoms with Gasteiger partial charge in [-0.2, -0.15) is 0 Å². The Bertz CT molecular complexity index is 448. The van der Waals surface area contributed by atoms with Crippen molar-refractivity contribution in [1.29, 1.82) is 0 Å². The molecule has 2 aromatic heterocycles. The van der Waals surface area contributed by atoms with Gasteiger partial charge in [0.15, 0.2) is 0 Å². The van der Waals surface area contributed by atoms with Gasteiger partial charge in [-0.15, -0.1) is 0 Å². The van der Waals surface area contributed by atoms with Crippen molar-refractivity contribution in [2.75, 3.05) is 0 Å². The molecular weight excluding hydrogens is 168 g/mol. The minimum absolute atomic E-state index is 0.336. The molecule has 0 saturated carbocycles. The standard InChI is InChI=1S/C9H8N2O2/c1-6(12)13-8-4-7-2-3-10-9(7)11-5-8/h2-5H,1H3,(H,10,11). The van der Waals surface area contributed by atoms with Gasteiger partial charge < -0.3 is 9.72 Å². The number of fused-ring (bicyclic) bond motifs is 1. The first-order valence-corrected chi connectivity index (χ1v) is 3.87. The smallest absolute Gasteiger partial charge is 0.308 e. The highest BCUT2D eigenvalue weighted by Gasteiger charge is 2.00. The molecule has 0 fully saturated rings. The lowest BCUT2D eigenvalue weighted by atomic mass is 10.3. The van der Waals surface area contributed by atoms with Gasteiger partial charge in [-0.25, -0.2) is 4.98 Å². The monoisotopic (exact) mass is 176 g/mol. The zero-order valence-corrected chi connectivity index (χ0v) is 7.07. The minimum atomic E-state index is -0.336. The van der Waals surface area contributed by atoms with E-state index in [1.165, 1.54) is 13.1 Å². The normalized spacial score (nSPS) is 10.2. The van der Waals surface area contributed by atoms with E-state index in [2.05, 4.69) is 9.97 Å². The average Bonchev–Trinajstić information content (AvgIpc) is 2.49. The fraction of sp³-hybridized carbons (Fsp3) is 0.111. The molecule has 0 amide bonds. The van der Waals surface area contributed by atoms with E-state index >= 15 is 0 Å². The number of aromatic amines is 1. The second-order valence-electron chi connectivity index (χ2n) is 2.68. The zero-order valence-electron chi connectivity index (χ0n) is 7.07.